The van der Waals surface area contributed by atoms with Crippen molar-refractivity contribution >= 4 is 11.8 Å². The van der Waals surface area contributed by atoms with Gasteiger partial charge in [0, 0.05) is 16.4 Å². The highest BCUT2D eigenvalue weighted by atomic mass is 32.2. The lowest BCUT2D eigenvalue weighted by molar-refractivity contribution is -0.137. The van der Waals surface area contributed by atoms with Gasteiger partial charge in [-0.15, -0.1) is 0 Å². The Labute approximate surface area is 130 Å². The summed E-state index contributed by atoms with van der Waals surface area (Å²) in [5.74, 6) is -0.412. The van der Waals surface area contributed by atoms with Gasteiger partial charge in [0.15, 0.2) is 0 Å². The van der Waals surface area contributed by atoms with Crippen LogP contribution in [0.2, 0.25) is 0 Å². The van der Waals surface area contributed by atoms with Crippen molar-refractivity contribution in [2.45, 2.75) is 28.8 Å². The van der Waals surface area contributed by atoms with Crippen LogP contribution < -0.4 is 0 Å². The van der Waals surface area contributed by atoms with Gasteiger partial charge in [0.2, 0.25) is 0 Å². The van der Waals surface area contributed by atoms with E-state index in [2.05, 4.69) is 0 Å². The molecule has 0 atom stereocenters. The molecule has 0 aliphatic heterocycles. The summed E-state index contributed by atoms with van der Waals surface area (Å²) in [6, 6.07) is 9.50. The minimum absolute atomic E-state index is 0.0137. The molecule has 0 radical (unpaired) electrons. The minimum Gasteiger partial charge on any atom is -0.396 e. The van der Waals surface area contributed by atoms with Crippen LogP contribution in [-0.2, 0) is 12.6 Å². The van der Waals surface area contributed by atoms with E-state index >= 15 is 0 Å². The first-order valence-electron chi connectivity index (χ1n) is 6.64. The summed E-state index contributed by atoms with van der Waals surface area (Å²) in [4.78, 5) is 0.932. The van der Waals surface area contributed by atoms with E-state index in [1.54, 1.807) is 18.2 Å². The standard InChI is InChI=1S/C16H14F4OS/c17-15-10-14(7-6-11(15)3-2-8-21)22-13-5-1-4-12(9-13)16(18,19)20/h1,4-7,9-10,21H,2-3,8H2. The molecule has 0 spiro atoms. The third-order valence-corrected chi connectivity index (χ3v) is 4.01. The number of aryl methyl sites for hydroxylation is 1. The van der Waals surface area contributed by atoms with Crippen molar-refractivity contribution in [2.24, 2.45) is 0 Å². The lowest BCUT2D eigenvalue weighted by Crippen LogP contribution is -2.04. The molecule has 0 fully saturated rings. The van der Waals surface area contributed by atoms with Gasteiger partial charge in [0.05, 0.1) is 5.56 Å². The molecule has 0 unspecified atom stereocenters. The van der Waals surface area contributed by atoms with Crippen molar-refractivity contribution in [3.05, 3.63) is 59.4 Å². The van der Waals surface area contributed by atoms with Crippen molar-refractivity contribution in [1.82, 2.24) is 0 Å². The van der Waals surface area contributed by atoms with Gasteiger partial charge in [-0.2, -0.15) is 13.2 Å². The van der Waals surface area contributed by atoms with E-state index in [1.807, 2.05) is 0 Å². The van der Waals surface area contributed by atoms with Crippen LogP contribution in [0.15, 0.2) is 52.3 Å². The summed E-state index contributed by atoms with van der Waals surface area (Å²) in [6.45, 7) is -0.0137. The lowest BCUT2D eigenvalue weighted by Gasteiger charge is -2.09. The molecule has 22 heavy (non-hydrogen) atoms. The number of hydrogen-bond donors (Lipinski definition) is 1. The summed E-state index contributed by atoms with van der Waals surface area (Å²) >= 11 is 1.08. The monoisotopic (exact) mass is 330 g/mol. The second-order valence-corrected chi connectivity index (χ2v) is 5.85. The number of halogens is 4. The van der Waals surface area contributed by atoms with Gasteiger partial charge in [-0.25, -0.2) is 4.39 Å². The molecule has 0 saturated heterocycles. The Bertz CT molecular complexity index is 640. The quantitative estimate of drug-likeness (QED) is 0.785. The minimum atomic E-state index is -4.39. The highest BCUT2D eigenvalue weighted by Crippen LogP contribution is 2.34. The lowest BCUT2D eigenvalue weighted by atomic mass is 10.1. The van der Waals surface area contributed by atoms with Gasteiger partial charge in [-0.1, -0.05) is 23.9 Å². The molecular weight excluding hydrogens is 316 g/mol. The number of hydrogen-bond acceptors (Lipinski definition) is 2. The predicted molar refractivity (Wildman–Crippen MR) is 77.4 cm³/mol. The molecule has 0 heterocycles. The molecule has 1 nitrogen and oxygen atoms in total. The smallest absolute Gasteiger partial charge is 0.396 e. The van der Waals surface area contributed by atoms with E-state index in [1.165, 1.54) is 12.1 Å². The van der Waals surface area contributed by atoms with Gasteiger partial charge in [0.25, 0.3) is 0 Å². The number of rotatable bonds is 5. The fourth-order valence-corrected chi connectivity index (χ4v) is 2.84. The number of alkyl halides is 3. The van der Waals surface area contributed by atoms with Crippen LogP contribution in [0.25, 0.3) is 0 Å². The Hall–Kier alpha value is -1.53. The molecule has 0 aliphatic rings. The molecule has 1 N–H and O–H groups in total. The molecule has 2 aromatic carbocycles. The number of aliphatic hydroxyl groups is 1. The summed E-state index contributed by atoms with van der Waals surface area (Å²) in [7, 11) is 0. The van der Waals surface area contributed by atoms with Gasteiger partial charge < -0.3 is 5.11 Å². The first kappa shape index (κ1) is 16.8. The van der Waals surface area contributed by atoms with Crippen LogP contribution >= 0.6 is 11.8 Å². The van der Waals surface area contributed by atoms with Crippen LogP contribution in [0.1, 0.15) is 17.5 Å². The van der Waals surface area contributed by atoms with Crippen LogP contribution in [0.4, 0.5) is 17.6 Å². The Morgan fingerprint density at radius 2 is 1.73 bits per heavy atom. The Morgan fingerprint density at radius 1 is 1.00 bits per heavy atom. The maximum atomic E-state index is 13.9. The number of aliphatic hydroxyl groups excluding tert-OH is 1. The van der Waals surface area contributed by atoms with Gasteiger partial charge in [-0.3, -0.25) is 0 Å². The fourth-order valence-electron chi connectivity index (χ4n) is 1.94. The van der Waals surface area contributed by atoms with Crippen LogP contribution in [0.5, 0.6) is 0 Å². The van der Waals surface area contributed by atoms with Gasteiger partial charge in [0.1, 0.15) is 5.82 Å². The highest BCUT2D eigenvalue weighted by Gasteiger charge is 2.30. The molecule has 118 valence electrons. The molecule has 0 saturated carbocycles. The summed E-state index contributed by atoms with van der Waals surface area (Å²) in [5, 5.41) is 8.74. The number of benzene rings is 2. The molecule has 0 aromatic heterocycles. The van der Waals surface area contributed by atoms with E-state index in [4.69, 9.17) is 5.11 Å². The van der Waals surface area contributed by atoms with E-state index in [0.717, 1.165) is 23.9 Å². The van der Waals surface area contributed by atoms with E-state index in [9.17, 15) is 17.6 Å². The maximum Gasteiger partial charge on any atom is 0.416 e. The van der Waals surface area contributed by atoms with E-state index < -0.39 is 17.6 Å². The largest absolute Gasteiger partial charge is 0.416 e. The van der Waals surface area contributed by atoms with Crippen LogP contribution in [0, 0.1) is 5.82 Å². The maximum absolute atomic E-state index is 13.9. The zero-order chi connectivity index (χ0) is 16.2. The summed E-state index contributed by atoms with van der Waals surface area (Å²) in [6.07, 6.45) is -3.50. The first-order chi connectivity index (χ1) is 10.4. The second-order valence-electron chi connectivity index (χ2n) is 4.71. The zero-order valence-electron chi connectivity index (χ0n) is 11.5. The van der Waals surface area contributed by atoms with E-state index in [-0.39, 0.29) is 6.61 Å². The Kier molecular flexibility index (Phi) is 5.47. The van der Waals surface area contributed by atoms with Crippen molar-refractivity contribution in [3.8, 4) is 0 Å². The topological polar surface area (TPSA) is 20.2 Å². The van der Waals surface area contributed by atoms with Crippen molar-refractivity contribution in [1.29, 1.82) is 0 Å². The molecular formula is C16H14F4OS. The molecule has 2 rings (SSSR count). The third kappa shape index (κ3) is 4.48. The molecule has 2 aromatic rings. The first-order valence-corrected chi connectivity index (χ1v) is 7.46. The van der Waals surface area contributed by atoms with Crippen molar-refractivity contribution in [2.75, 3.05) is 6.61 Å². The molecule has 0 aliphatic carbocycles. The van der Waals surface area contributed by atoms with Crippen molar-refractivity contribution in [3.63, 3.8) is 0 Å². The summed E-state index contributed by atoms with van der Waals surface area (Å²) in [5.41, 5.74) is -0.236. The molecule has 6 heteroatoms. The average Bonchev–Trinajstić information content (AvgIpc) is 2.46. The predicted octanol–water partition coefficient (Wildman–Crippen LogP) is 4.92. The van der Waals surface area contributed by atoms with Crippen molar-refractivity contribution < 1.29 is 22.7 Å². The SMILES string of the molecule is OCCCc1ccc(Sc2cccc(C(F)(F)F)c2)cc1F. The normalized spacial score (nSPS) is 11.7. The van der Waals surface area contributed by atoms with Gasteiger partial charge >= 0.3 is 6.18 Å². The van der Waals surface area contributed by atoms with Crippen LogP contribution in [-0.4, -0.2) is 11.7 Å². The Balaban J connectivity index is 2.16. The van der Waals surface area contributed by atoms with Crippen LogP contribution in [0.3, 0.4) is 0 Å². The highest BCUT2D eigenvalue weighted by molar-refractivity contribution is 7.99. The zero-order valence-corrected chi connectivity index (χ0v) is 12.3. The average molecular weight is 330 g/mol. The third-order valence-electron chi connectivity index (χ3n) is 3.03. The fraction of sp³-hybridized carbons (Fsp3) is 0.250. The summed E-state index contributed by atoms with van der Waals surface area (Å²) < 4.78 is 51.8. The van der Waals surface area contributed by atoms with E-state index in [0.29, 0.717) is 28.2 Å². The van der Waals surface area contributed by atoms with Gasteiger partial charge in [-0.05, 0) is 48.7 Å². The molecule has 0 bridgehead atoms. The Morgan fingerprint density at radius 3 is 2.36 bits per heavy atom. The molecule has 0 amide bonds. The second kappa shape index (κ2) is 7.15.